The van der Waals surface area contributed by atoms with Crippen molar-refractivity contribution < 1.29 is 9.47 Å². The topological polar surface area (TPSA) is 58.1 Å². The minimum Gasteiger partial charge on any atom is -0.493 e. The average molecular weight is 490 g/mol. The Bertz CT molecular complexity index is 563. The number of nitrogens with one attached hydrogen (secondary N) is 2. The number of likely N-dealkylation sites (tertiary alicyclic amines) is 1. The molecule has 1 unspecified atom stereocenters. The third kappa shape index (κ3) is 8.55. The molecule has 7 heteroatoms. The molecule has 1 atom stereocenters. The first kappa shape index (κ1) is 23.8. The maximum atomic E-state index is 5.97. The number of hydrogen-bond acceptors (Lipinski definition) is 4. The number of ether oxygens (including phenoxy) is 2. The molecule has 0 saturated carbocycles. The zero-order valence-electron chi connectivity index (χ0n) is 17.0. The fourth-order valence-corrected chi connectivity index (χ4v) is 3.18. The predicted octanol–water partition coefficient (Wildman–Crippen LogP) is 2.98. The van der Waals surface area contributed by atoms with Gasteiger partial charge in [-0.3, -0.25) is 4.99 Å². The molecular formula is C20H35IN4O2. The molecule has 2 rings (SSSR count). The quantitative estimate of drug-likeness (QED) is 0.334. The van der Waals surface area contributed by atoms with Crippen molar-refractivity contribution in [3.05, 3.63) is 24.3 Å². The minimum absolute atomic E-state index is 0. The molecule has 0 bridgehead atoms. The van der Waals surface area contributed by atoms with E-state index < -0.39 is 0 Å². The maximum absolute atomic E-state index is 5.97. The van der Waals surface area contributed by atoms with E-state index in [1.807, 2.05) is 31.2 Å². The molecule has 1 aliphatic heterocycles. The van der Waals surface area contributed by atoms with Crippen LogP contribution >= 0.6 is 24.0 Å². The SMILES string of the molecule is CN=C(NCCC1CCN(C)CC1)NCC(C)Oc1ccccc1OC.I. The molecule has 154 valence electrons. The second kappa shape index (κ2) is 13.0. The van der Waals surface area contributed by atoms with E-state index >= 15 is 0 Å². The third-order valence-corrected chi connectivity index (χ3v) is 4.86. The van der Waals surface area contributed by atoms with Crippen molar-refractivity contribution in [2.24, 2.45) is 10.9 Å². The van der Waals surface area contributed by atoms with Gasteiger partial charge in [0.1, 0.15) is 6.10 Å². The van der Waals surface area contributed by atoms with E-state index in [9.17, 15) is 0 Å². The molecule has 0 aliphatic carbocycles. The zero-order chi connectivity index (χ0) is 18.8. The molecular weight excluding hydrogens is 455 g/mol. The summed E-state index contributed by atoms with van der Waals surface area (Å²) in [5, 5.41) is 6.75. The van der Waals surface area contributed by atoms with Gasteiger partial charge in [0.05, 0.1) is 13.7 Å². The van der Waals surface area contributed by atoms with Crippen LogP contribution in [-0.4, -0.2) is 64.3 Å². The Hall–Kier alpha value is -1.22. The first-order valence-electron chi connectivity index (χ1n) is 9.55. The minimum atomic E-state index is -0.00117. The highest BCUT2D eigenvalue weighted by Gasteiger charge is 2.16. The van der Waals surface area contributed by atoms with Crippen LogP contribution in [-0.2, 0) is 0 Å². The molecule has 1 fully saturated rings. The first-order valence-corrected chi connectivity index (χ1v) is 9.55. The molecule has 1 aromatic carbocycles. The summed E-state index contributed by atoms with van der Waals surface area (Å²) in [4.78, 5) is 6.71. The Morgan fingerprint density at radius 3 is 2.52 bits per heavy atom. The summed E-state index contributed by atoms with van der Waals surface area (Å²) >= 11 is 0. The highest BCUT2D eigenvalue weighted by atomic mass is 127. The number of guanidine groups is 1. The second-order valence-electron chi connectivity index (χ2n) is 6.99. The van der Waals surface area contributed by atoms with Crippen molar-refractivity contribution in [1.82, 2.24) is 15.5 Å². The number of hydrogen-bond donors (Lipinski definition) is 2. The van der Waals surface area contributed by atoms with Gasteiger partial charge < -0.3 is 25.0 Å². The highest BCUT2D eigenvalue weighted by molar-refractivity contribution is 14.0. The molecule has 0 amide bonds. The Morgan fingerprint density at radius 2 is 1.89 bits per heavy atom. The van der Waals surface area contributed by atoms with Gasteiger partial charge in [-0.05, 0) is 64.4 Å². The van der Waals surface area contributed by atoms with Crippen LogP contribution in [0.5, 0.6) is 11.5 Å². The zero-order valence-corrected chi connectivity index (χ0v) is 19.4. The number of halogens is 1. The van der Waals surface area contributed by atoms with Crippen LogP contribution in [0.1, 0.15) is 26.2 Å². The lowest BCUT2D eigenvalue weighted by molar-refractivity contribution is 0.211. The van der Waals surface area contributed by atoms with E-state index in [0.29, 0.717) is 6.54 Å². The maximum Gasteiger partial charge on any atom is 0.191 e. The van der Waals surface area contributed by atoms with E-state index in [1.165, 1.54) is 32.4 Å². The lowest BCUT2D eigenvalue weighted by atomic mass is 9.94. The van der Waals surface area contributed by atoms with E-state index in [4.69, 9.17) is 9.47 Å². The number of para-hydroxylation sites is 2. The van der Waals surface area contributed by atoms with Crippen molar-refractivity contribution in [1.29, 1.82) is 0 Å². The Kier molecular flexibility index (Phi) is 11.5. The molecule has 1 aromatic rings. The monoisotopic (exact) mass is 490 g/mol. The number of methoxy groups -OCH3 is 1. The summed E-state index contributed by atoms with van der Waals surface area (Å²) in [6.07, 6.45) is 3.79. The standard InChI is InChI=1S/C20H34N4O2.HI/c1-16(26-19-8-6-5-7-18(19)25-4)15-23-20(21-2)22-12-9-17-10-13-24(3)14-11-17;/h5-8,16-17H,9-15H2,1-4H3,(H2,21,22,23);1H. The molecule has 0 radical (unpaired) electrons. The molecule has 2 N–H and O–H groups in total. The van der Waals surface area contributed by atoms with Gasteiger partial charge in [0.2, 0.25) is 0 Å². The van der Waals surface area contributed by atoms with Crippen LogP contribution in [0.3, 0.4) is 0 Å². The lowest BCUT2D eigenvalue weighted by Gasteiger charge is -2.29. The van der Waals surface area contributed by atoms with E-state index in [-0.39, 0.29) is 30.1 Å². The van der Waals surface area contributed by atoms with Crippen molar-refractivity contribution in [2.45, 2.75) is 32.3 Å². The van der Waals surface area contributed by atoms with Crippen molar-refractivity contribution in [3.63, 3.8) is 0 Å². The fraction of sp³-hybridized carbons (Fsp3) is 0.650. The second-order valence-corrected chi connectivity index (χ2v) is 6.99. The van der Waals surface area contributed by atoms with Gasteiger partial charge in [-0.1, -0.05) is 12.1 Å². The molecule has 1 aliphatic rings. The van der Waals surface area contributed by atoms with Crippen LogP contribution in [0.25, 0.3) is 0 Å². The summed E-state index contributed by atoms with van der Waals surface area (Å²) < 4.78 is 11.3. The molecule has 0 aromatic heterocycles. The normalized spacial score (nSPS) is 17.0. The average Bonchev–Trinajstić information content (AvgIpc) is 2.66. The Balaban J connectivity index is 0.00000364. The van der Waals surface area contributed by atoms with Gasteiger partial charge in [0, 0.05) is 13.6 Å². The smallest absolute Gasteiger partial charge is 0.191 e. The van der Waals surface area contributed by atoms with Gasteiger partial charge in [-0.2, -0.15) is 0 Å². The summed E-state index contributed by atoms with van der Waals surface area (Å²) in [5.74, 6) is 3.16. The Labute approximate surface area is 181 Å². The molecule has 1 heterocycles. The van der Waals surface area contributed by atoms with E-state index in [1.54, 1.807) is 14.2 Å². The van der Waals surface area contributed by atoms with Gasteiger partial charge >= 0.3 is 0 Å². The van der Waals surface area contributed by atoms with Crippen molar-refractivity contribution in [3.8, 4) is 11.5 Å². The van der Waals surface area contributed by atoms with E-state index in [0.717, 1.165) is 29.9 Å². The predicted molar refractivity (Wildman–Crippen MR) is 123 cm³/mol. The van der Waals surface area contributed by atoms with Crippen LogP contribution in [0.2, 0.25) is 0 Å². The summed E-state index contributed by atoms with van der Waals surface area (Å²) in [7, 11) is 5.66. The van der Waals surface area contributed by atoms with Crippen LogP contribution in [0, 0.1) is 5.92 Å². The highest BCUT2D eigenvalue weighted by Crippen LogP contribution is 2.26. The van der Waals surface area contributed by atoms with Gasteiger partial charge in [0.15, 0.2) is 17.5 Å². The summed E-state index contributed by atoms with van der Waals surface area (Å²) in [5.41, 5.74) is 0. The molecule has 6 nitrogen and oxygen atoms in total. The molecule has 0 spiro atoms. The van der Waals surface area contributed by atoms with Crippen LogP contribution in [0.4, 0.5) is 0 Å². The van der Waals surface area contributed by atoms with Crippen LogP contribution in [0.15, 0.2) is 29.3 Å². The third-order valence-electron chi connectivity index (χ3n) is 4.86. The van der Waals surface area contributed by atoms with Gasteiger partial charge in [-0.15, -0.1) is 24.0 Å². The van der Waals surface area contributed by atoms with E-state index in [2.05, 4.69) is 27.6 Å². The summed E-state index contributed by atoms with van der Waals surface area (Å²) in [6, 6.07) is 7.70. The number of nitrogens with zero attached hydrogens (tertiary/aromatic N) is 2. The number of benzene rings is 1. The number of aliphatic imine (C=N–C) groups is 1. The first-order chi connectivity index (χ1) is 12.6. The van der Waals surface area contributed by atoms with Gasteiger partial charge in [-0.25, -0.2) is 0 Å². The van der Waals surface area contributed by atoms with Crippen molar-refractivity contribution in [2.75, 3.05) is 47.4 Å². The fourth-order valence-electron chi connectivity index (χ4n) is 3.18. The lowest BCUT2D eigenvalue weighted by Crippen LogP contribution is -2.42. The molecule has 27 heavy (non-hydrogen) atoms. The largest absolute Gasteiger partial charge is 0.493 e. The van der Waals surface area contributed by atoms with Crippen molar-refractivity contribution >= 4 is 29.9 Å². The number of piperidine rings is 1. The molecule has 1 saturated heterocycles. The Morgan fingerprint density at radius 1 is 1.22 bits per heavy atom. The van der Waals surface area contributed by atoms with Crippen LogP contribution < -0.4 is 20.1 Å². The van der Waals surface area contributed by atoms with Gasteiger partial charge in [0.25, 0.3) is 0 Å². The number of rotatable bonds is 8. The summed E-state index contributed by atoms with van der Waals surface area (Å²) in [6.45, 7) is 6.10.